The molecule has 0 saturated carbocycles. The van der Waals surface area contributed by atoms with Gasteiger partial charge in [-0.2, -0.15) is 23.5 Å². The van der Waals surface area contributed by atoms with E-state index < -0.39 is 18.0 Å². The average Bonchev–Trinajstić information content (AvgIpc) is 2.34. The highest BCUT2D eigenvalue weighted by molar-refractivity contribution is 8.06. The van der Waals surface area contributed by atoms with Gasteiger partial charge in [-0.1, -0.05) is 13.8 Å². The molecule has 1 rings (SSSR count). The molecule has 1 unspecified atom stereocenters. The minimum Gasteiger partial charge on any atom is -0.480 e. The van der Waals surface area contributed by atoms with Gasteiger partial charge in [-0.3, -0.25) is 0 Å². The normalized spacial score (nSPS) is 21.4. The molecule has 0 aliphatic carbocycles. The molecule has 104 valence electrons. The first kappa shape index (κ1) is 15.5. The maximum absolute atomic E-state index is 11.6. The zero-order chi connectivity index (χ0) is 13.5. The molecule has 0 bridgehead atoms. The van der Waals surface area contributed by atoms with E-state index in [9.17, 15) is 9.59 Å². The minimum absolute atomic E-state index is 0.132. The van der Waals surface area contributed by atoms with E-state index in [-0.39, 0.29) is 5.92 Å². The van der Waals surface area contributed by atoms with Crippen molar-refractivity contribution in [2.24, 2.45) is 5.92 Å². The Kier molecular flexibility index (Phi) is 6.70. The summed E-state index contributed by atoms with van der Waals surface area (Å²) in [5.74, 6) is 2.19. The number of aliphatic carboxylic acids is 1. The summed E-state index contributed by atoms with van der Waals surface area (Å²) in [5.41, 5.74) is 0. The molecule has 0 aromatic heterocycles. The summed E-state index contributed by atoms with van der Waals surface area (Å²) in [6.45, 7) is 4.13. The second-order valence-electron chi connectivity index (χ2n) is 4.48. The number of urea groups is 1. The second-order valence-corrected chi connectivity index (χ2v) is 7.04. The number of hydrogen-bond acceptors (Lipinski definition) is 4. The summed E-state index contributed by atoms with van der Waals surface area (Å²) >= 11 is 3.75. The summed E-state index contributed by atoms with van der Waals surface area (Å²) in [7, 11) is 0. The van der Waals surface area contributed by atoms with Crippen molar-refractivity contribution in [3.63, 3.8) is 0 Å². The van der Waals surface area contributed by atoms with Crippen LogP contribution < -0.4 is 10.6 Å². The van der Waals surface area contributed by atoms with Gasteiger partial charge in [0.1, 0.15) is 6.04 Å². The Morgan fingerprint density at radius 2 is 2.11 bits per heavy atom. The van der Waals surface area contributed by atoms with Crippen LogP contribution in [0.15, 0.2) is 0 Å². The maximum atomic E-state index is 11.6. The topological polar surface area (TPSA) is 78.4 Å². The number of hydrogen-bond donors (Lipinski definition) is 3. The van der Waals surface area contributed by atoms with Gasteiger partial charge in [-0.05, 0) is 5.92 Å². The monoisotopic (exact) mass is 292 g/mol. The van der Waals surface area contributed by atoms with Crippen LogP contribution in [-0.2, 0) is 4.79 Å². The lowest BCUT2D eigenvalue weighted by Crippen LogP contribution is -2.49. The van der Waals surface area contributed by atoms with Gasteiger partial charge in [0.25, 0.3) is 0 Å². The highest BCUT2D eigenvalue weighted by atomic mass is 32.2. The molecule has 18 heavy (non-hydrogen) atoms. The molecule has 2 amide bonds. The summed E-state index contributed by atoms with van der Waals surface area (Å²) in [6.07, 6.45) is 0. The summed E-state index contributed by atoms with van der Waals surface area (Å²) < 4.78 is 0. The van der Waals surface area contributed by atoms with Crippen molar-refractivity contribution < 1.29 is 14.7 Å². The summed E-state index contributed by atoms with van der Waals surface area (Å²) in [6, 6.07) is -1.23. The third-order valence-corrected chi connectivity index (χ3v) is 5.44. The second kappa shape index (κ2) is 7.78. The standard InChI is InChI=1S/C11H20N2O3S2/c1-7(2)9(10(14)15)13-11(16)12-5-8-6-17-3-4-18-8/h7-9H,3-6H2,1-2H3,(H,14,15)(H2,12,13,16)/t8?,9-/m1/s1. The highest BCUT2D eigenvalue weighted by Crippen LogP contribution is 2.23. The van der Waals surface area contributed by atoms with Crippen LogP contribution in [0.3, 0.4) is 0 Å². The predicted octanol–water partition coefficient (Wildman–Crippen LogP) is 1.24. The van der Waals surface area contributed by atoms with Crippen LogP contribution in [0.5, 0.6) is 0 Å². The van der Waals surface area contributed by atoms with Gasteiger partial charge in [0, 0.05) is 29.1 Å². The molecule has 7 heteroatoms. The fraction of sp³-hybridized carbons (Fsp3) is 0.818. The zero-order valence-electron chi connectivity index (χ0n) is 10.6. The number of carboxylic acid groups (broad SMARTS) is 1. The van der Waals surface area contributed by atoms with Crippen LogP contribution in [0.2, 0.25) is 0 Å². The Labute approximate surface area is 116 Å². The fourth-order valence-corrected chi connectivity index (χ4v) is 4.18. The maximum Gasteiger partial charge on any atom is 0.326 e. The van der Waals surface area contributed by atoms with E-state index in [4.69, 9.17) is 5.11 Å². The molecule has 0 radical (unpaired) electrons. The van der Waals surface area contributed by atoms with Crippen LogP contribution in [-0.4, -0.2) is 52.2 Å². The number of nitrogens with one attached hydrogen (secondary N) is 2. The van der Waals surface area contributed by atoms with Gasteiger partial charge in [0.15, 0.2) is 0 Å². The highest BCUT2D eigenvalue weighted by Gasteiger charge is 2.23. The lowest BCUT2D eigenvalue weighted by atomic mass is 10.1. The Bertz CT molecular complexity index is 294. The van der Waals surface area contributed by atoms with Gasteiger partial charge >= 0.3 is 12.0 Å². The van der Waals surface area contributed by atoms with Crippen molar-refractivity contribution in [2.75, 3.05) is 23.8 Å². The first-order valence-electron chi connectivity index (χ1n) is 5.97. The first-order valence-corrected chi connectivity index (χ1v) is 8.17. The molecule has 2 atom stereocenters. The van der Waals surface area contributed by atoms with Gasteiger partial charge in [0.2, 0.25) is 0 Å². The average molecular weight is 292 g/mol. The quantitative estimate of drug-likeness (QED) is 0.710. The van der Waals surface area contributed by atoms with Crippen molar-refractivity contribution in [1.82, 2.24) is 10.6 Å². The smallest absolute Gasteiger partial charge is 0.326 e. The van der Waals surface area contributed by atoms with E-state index in [1.165, 1.54) is 5.75 Å². The largest absolute Gasteiger partial charge is 0.480 e. The Morgan fingerprint density at radius 1 is 1.39 bits per heavy atom. The molecule has 3 N–H and O–H groups in total. The molecule has 1 aliphatic heterocycles. The van der Waals surface area contributed by atoms with E-state index in [0.717, 1.165) is 11.5 Å². The SMILES string of the molecule is CC(C)[C@@H](NC(=O)NCC1CSCCS1)C(=O)O. The van der Waals surface area contributed by atoms with Crippen molar-refractivity contribution in [3.05, 3.63) is 0 Å². The van der Waals surface area contributed by atoms with E-state index in [0.29, 0.717) is 11.8 Å². The molecule has 0 aromatic rings. The molecule has 1 fully saturated rings. The summed E-state index contributed by atoms with van der Waals surface area (Å²) in [5, 5.41) is 14.6. The number of carbonyl (C=O) groups excluding carboxylic acids is 1. The third kappa shape index (κ3) is 5.39. The minimum atomic E-state index is -0.997. The fourth-order valence-electron chi connectivity index (χ4n) is 1.57. The molecular weight excluding hydrogens is 272 g/mol. The Morgan fingerprint density at radius 3 is 2.61 bits per heavy atom. The predicted molar refractivity (Wildman–Crippen MR) is 76.4 cm³/mol. The van der Waals surface area contributed by atoms with Gasteiger partial charge in [-0.25, -0.2) is 9.59 Å². The summed E-state index contributed by atoms with van der Waals surface area (Å²) in [4.78, 5) is 22.5. The van der Waals surface area contributed by atoms with E-state index in [2.05, 4.69) is 10.6 Å². The molecule has 0 spiro atoms. The van der Waals surface area contributed by atoms with Crippen molar-refractivity contribution in [3.8, 4) is 0 Å². The Balaban J connectivity index is 2.29. The van der Waals surface area contributed by atoms with Crippen LogP contribution in [0, 0.1) is 5.92 Å². The number of carboxylic acids is 1. The van der Waals surface area contributed by atoms with E-state index in [1.54, 1.807) is 13.8 Å². The van der Waals surface area contributed by atoms with Gasteiger partial charge in [0.05, 0.1) is 0 Å². The van der Waals surface area contributed by atoms with Crippen molar-refractivity contribution in [1.29, 1.82) is 0 Å². The van der Waals surface area contributed by atoms with Crippen LogP contribution in [0.25, 0.3) is 0 Å². The first-order chi connectivity index (χ1) is 8.50. The number of thioether (sulfide) groups is 2. The Hall–Kier alpha value is -0.560. The van der Waals surface area contributed by atoms with Crippen LogP contribution in [0.1, 0.15) is 13.8 Å². The lowest BCUT2D eigenvalue weighted by Gasteiger charge is -2.22. The lowest BCUT2D eigenvalue weighted by molar-refractivity contribution is -0.140. The van der Waals surface area contributed by atoms with Crippen molar-refractivity contribution >= 4 is 35.5 Å². The zero-order valence-corrected chi connectivity index (χ0v) is 12.3. The molecule has 1 aliphatic rings. The van der Waals surface area contributed by atoms with E-state index >= 15 is 0 Å². The number of amides is 2. The van der Waals surface area contributed by atoms with Crippen LogP contribution in [0.4, 0.5) is 4.79 Å². The van der Waals surface area contributed by atoms with Crippen molar-refractivity contribution in [2.45, 2.75) is 25.1 Å². The third-order valence-electron chi connectivity index (χ3n) is 2.59. The van der Waals surface area contributed by atoms with E-state index in [1.807, 2.05) is 23.5 Å². The van der Waals surface area contributed by atoms with Gasteiger partial charge < -0.3 is 15.7 Å². The molecule has 1 heterocycles. The number of carbonyl (C=O) groups is 2. The van der Waals surface area contributed by atoms with Crippen LogP contribution >= 0.6 is 23.5 Å². The number of rotatable bonds is 5. The van der Waals surface area contributed by atoms with Gasteiger partial charge in [-0.15, -0.1) is 0 Å². The molecular formula is C11H20N2O3S2. The molecule has 1 saturated heterocycles. The molecule has 5 nitrogen and oxygen atoms in total. The molecule has 0 aromatic carbocycles.